The molecule has 0 radical (unpaired) electrons. The quantitative estimate of drug-likeness (QED) is 0.426. The largest absolute Gasteiger partial charge is 0.463 e. The molecule has 12 heavy (non-hydrogen) atoms. The van der Waals surface area contributed by atoms with Crippen LogP contribution in [0, 0.1) is 6.92 Å². The third-order valence-corrected chi connectivity index (χ3v) is 1.55. The number of hydrogen-bond donors (Lipinski definition) is 1. The van der Waals surface area contributed by atoms with Crippen molar-refractivity contribution in [1.29, 1.82) is 0 Å². The highest BCUT2D eigenvalue weighted by Gasteiger charge is 2.10. The summed E-state index contributed by atoms with van der Waals surface area (Å²) in [5.74, 6) is 0.940. The maximum Gasteiger partial charge on any atom is 0.163 e. The maximum atomic E-state index is 10.9. The molecule has 0 saturated carbocycles. The van der Waals surface area contributed by atoms with Crippen LogP contribution in [0.2, 0.25) is 0 Å². The summed E-state index contributed by atoms with van der Waals surface area (Å²) in [6.45, 7) is 3.12. The lowest BCUT2D eigenvalue weighted by Gasteiger charge is -1.88. The van der Waals surface area contributed by atoms with Crippen molar-refractivity contribution in [3.63, 3.8) is 0 Å². The average Bonchev–Trinajstić information content (AvgIpc) is 2.32. The average molecular weight is 170 g/mol. The van der Waals surface area contributed by atoms with Crippen molar-refractivity contribution >= 4 is 5.78 Å². The predicted octanol–water partition coefficient (Wildman–Crippen LogP) is 1.78. The van der Waals surface area contributed by atoms with Gasteiger partial charge in [-0.25, -0.2) is 4.89 Å². The highest BCUT2D eigenvalue weighted by Crippen LogP contribution is 2.15. The van der Waals surface area contributed by atoms with Gasteiger partial charge in [-0.2, -0.15) is 0 Å². The molecule has 0 saturated heterocycles. The van der Waals surface area contributed by atoms with Gasteiger partial charge < -0.3 is 4.42 Å². The van der Waals surface area contributed by atoms with Gasteiger partial charge in [0, 0.05) is 0 Å². The van der Waals surface area contributed by atoms with Crippen LogP contribution >= 0.6 is 0 Å². The normalized spacial score (nSPS) is 10.2. The van der Waals surface area contributed by atoms with E-state index in [-0.39, 0.29) is 12.4 Å². The van der Waals surface area contributed by atoms with E-state index in [4.69, 9.17) is 9.67 Å². The van der Waals surface area contributed by atoms with Crippen LogP contribution in [0.25, 0.3) is 0 Å². The molecule has 0 fully saturated rings. The van der Waals surface area contributed by atoms with Gasteiger partial charge in [-0.3, -0.25) is 10.1 Å². The maximum absolute atomic E-state index is 10.9. The third-order valence-electron chi connectivity index (χ3n) is 1.55. The molecule has 0 aliphatic rings. The van der Waals surface area contributed by atoms with Gasteiger partial charge in [0.2, 0.25) is 0 Å². The number of carbonyl (C=O) groups excluding carboxylic acids is 1. The van der Waals surface area contributed by atoms with Gasteiger partial charge in [0.1, 0.15) is 18.1 Å². The highest BCUT2D eigenvalue weighted by atomic mass is 17.1. The molecule has 1 N–H and O–H groups in total. The van der Waals surface area contributed by atoms with E-state index in [9.17, 15) is 4.79 Å². The molecule has 0 spiro atoms. The van der Waals surface area contributed by atoms with Crippen LogP contribution in [0.1, 0.15) is 28.8 Å². The van der Waals surface area contributed by atoms with Crippen molar-refractivity contribution in [2.24, 2.45) is 0 Å². The molecule has 0 atom stereocenters. The van der Waals surface area contributed by atoms with Crippen molar-refractivity contribution in [3.8, 4) is 0 Å². The molecule has 0 aliphatic heterocycles. The first-order valence-corrected chi connectivity index (χ1v) is 3.51. The monoisotopic (exact) mass is 170 g/mol. The molecule has 4 heteroatoms. The van der Waals surface area contributed by atoms with E-state index in [1.165, 1.54) is 6.92 Å². The molecule has 1 aromatic rings. The number of Topliss-reactive ketones (excluding diaryl/α,β-unsaturated/α-hetero) is 1. The van der Waals surface area contributed by atoms with Crippen LogP contribution in [0.4, 0.5) is 0 Å². The Kier molecular flexibility index (Phi) is 2.62. The predicted molar refractivity (Wildman–Crippen MR) is 40.9 cm³/mol. The summed E-state index contributed by atoms with van der Waals surface area (Å²) in [6, 6.07) is 1.56. The number of furan rings is 1. The zero-order valence-electron chi connectivity index (χ0n) is 6.96. The topological polar surface area (TPSA) is 59.7 Å². The van der Waals surface area contributed by atoms with Crippen LogP contribution in [-0.2, 0) is 11.5 Å². The van der Waals surface area contributed by atoms with E-state index in [1.54, 1.807) is 13.0 Å². The Bertz CT molecular complexity index is 287. The zero-order valence-corrected chi connectivity index (χ0v) is 6.96. The first-order valence-electron chi connectivity index (χ1n) is 3.51. The number of ketones is 1. The van der Waals surface area contributed by atoms with E-state index in [0.29, 0.717) is 17.1 Å². The van der Waals surface area contributed by atoms with Crippen molar-refractivity contribution in [2.75, 3.05) is 0 Å². The standard InChI is InChI=1S/C8H10O4/c1-5(9)8-3-7(4-11-10)12-6(8)2/h3,10H,4H2,1-2H3. The zero-order chi connectivity index (χ0) is 9.14. The Hall–Kier alpha value is -1.13. The SMILES string of the molecule is CC(=O)c1cc(COO)oc1C. The smallest absolute Gasteiger partial charge is 0.163 e. The Morgan fingerprint density at radius 1 is 1.75 bits per heavy atom. The van der Waals surface area contributed by atoms with Gasteiger partial charge in [0.15, 0.2) is 5.78 Å². The van der Waals surface area contributed by atoms with Gasteiger partial charge in [-0.15, -0.1) is 0 Å². The molecule has 0 bridgehead atoms. The van der Waals surface area contributed by atoms with Crippen molar-refractivity contribution in [1.82, 2.24) is 0 Å². The number of rotatable bonds is 3. The molecular weight excluding hydrogens is 160 g/mol. The van der Waals surface area contributed by atoms with Crippen molar-refractivity contribution in [2.45, 2.75) is 20.5 Å². The van der Waals surface area contributed by atoms with Gasteiger partial charge in [-0.05, 0) is 19.9 Å². The Morgan fingerprint density at radius 2 is 2.42 bits per heavy atom. The fourth-order valence-electron chi connectivity index (χ4n) is 1.03. The van der Waals surface area contributed by atoms with Crippen LogP contribution < -0.4 is 0 Å². The molecule has 0 aliphatic carbocycles. The highest BCUT2D eigenvalue weighted by molar-refractivity contribution is 5.95. The molecule has 4 nitrogen and oxygen atoms in total. The number of hydrogen-bond acceptors (Lipinski definition) is 4. The lowest BCUT2D eigenvalue weighted by Crippen LogP contribution is -1.90. The van der Waals surface area contributed by atoms with Crippen LogP contribution in [0.3, 0.4) is 0 Å². The van der Waals surface area contributed by atoms with E-state index in [1.807, 2.05) is 0 Å². The Morgan fingerprint density at radius 3 is 2.83 bits per heavy atom. The number of carbonyl (C=O) groups is 1. The van der Waals surface area contributed by atoms with E-state index < -0.39 is 0 Å². The minimum atomic E-state index is -0.0551. The summed E-state index contributed by atoms with van der Waals surface area (Å²) in [7, 11) is 0. The fraction of sp³-hybridized carbons (Fsp3) is 0.375. The fourth-order valence-corrected chi connectivity index (χ4v) is 1.03. The summed E-state index contributed by atoms with van der Waals surface area (Å²) >= 11 is 0. The second-order valence-electron chi connectivity index (χ2n) is 2.51. The molecule has 66 valence electrons. The molecule has 1 rings (SSSR count). The van der Waals surface area contributed by atoms with Gasteiger partial charge >= 0.3 is 0 Å². The van der Waals surface area contributed by atoms with Crippen LogP contribution in [0.15, 0.2) is 10.5 Å². The second-order valence-corrected chi connectivity index (χ2v) is 2.51. The van der Waals surface area contributed by atoms with E-state index >= 15 is 0 Å². The minimum absolute atomic E-state index is 0.0336. The third kappa shape index (κ3) is 1.72. The minimum Gasteiger partial charge on any atom is -0.463 e. The lowest BCUT2D eigenvalue weighted by atomic mass is 10.2. The summed E-state index contributed by atoms with van der Waals surface area (Å²) in [6.07, 6.45) is 0. The molecule has 1 heterocycles. The van der Waals surface area contributed by atoms with Crippen molar-refractivity contribution < 1.29 is 19.4 Å². The van der Waals surface area contributed by atoms with E-state index in [0.717, 1.165) is 0 Å². The lowest BCUT2D eigenvalue weighted by molar-refractivity contribution is -0.256. The van der Waals surface area contributed by atoms with Crippen molar-refractivity contribution in [3.05, 3.63) is 23.2 Å². The Labute approximate surface area is 69.7 Å². The molecular formula is C8H10O4. The second kappa shape index (κ2) is 3.51. The Balaban J connectivity index is 2.92. The van der Waals surface area contributed by atoms with Gasteiger partial charge in [0.05, 0.1) is 5.56 Å². The van der Waals surface area contributed by atoms with Crippen LogP contribution in [0.5, 0.6) is 0 Å². The number of aryl methyl sites for hydroxylation is 1. The van der Waals surface area contributed by atoms with E-state index in [2.05, 4.69) is 4.89 Å². The molecule has 0 aromatic carbocycles. The van der Waals surface area contributed by atoms with Gasteiger partial charge in [0.25, 0.3) is 0 Å². The summed E-state index contributed by atoms with van der Waals surface area (Å²) in [4.78, 5) is 14.8. The molecule has 0 amide bonds. The van der Waals surface area contributed by atoms with Gasteiger partial charge in [-0.1, -0.05) is 0 Å². The summed E-state index contributed by atoms with van der Waals surface area (Å²) in [5.41, 5.74) is 0.530. The molecule has 0 unspecified atom stereocenters. The molecule has 1 aromatic heterocycles. The summed E-state index contributed by atoms with van der Waals surface area (Å²) in [5, 5.41) is 8.11. The first-order chi connectivity index (χ1) is 5.65. The summed E-state index contributed by atoms with van der Waals surface area (Å²) < 4.78 is 5.11. The first kappa shape index (κ1) is 8.96. The van der Waals surface area contributed by atoms with Crippen LogP contribution in [-0.4, -0.2) is 11.0 Å².